The first kappa shape index (κ1) is 19.7. The fourth-order valence-corrected chi connectivity index (χ4v) is 4.80. The normalized spacial score (nSPS) is 16.8. The highest BCUT2D eigenvalue weighted by molar-refractivity contribution is 5.79. The monoisotopic (exact) mass is 412 g/mol. The van der Waals surface area contributed by atoms with Crippen molar-refractivity contribution in [3.8, 4) is 11.3 Å². The van der Waals surface area contributed by atoms with Crippen molar-refractivity contribution in [1.82, 2.24) is 15.1 Å². The Morgan fingerprint density at radius 1 is 0.871 bits per heavy atom. The average molecular weight is 413 g/mol. The molecule has 0 N–H and O–H groups in total. The van der Waals surface area contributed by atoms with Gasteiger partial charge in [-0.25, -0.2) is 0 Å². The number of amides is 1. The molecule has 5 heteroatoms. The number of carbonyl (C=O) groups excluding carboxylic acids is 1. The molecule has 3 heterocycles. The highest BCUT2D eigenvalue weighted by Crippen LogP contribution is 2.27. The molecule has 2 aliphatic rings. The lowest BCUT2D eigenvalue weighted by molar-refractivity contribution is -0.137. The lowest BCUT2D eigenvalue weighted by Crippen LogP contribution is -2.44. The van der Waals surface area contributed by atoms with Gasteiger partial charge < -0.3 is 9.80 Å². The van der Waals surface area contributed by atoms with E-state index in [4.69, 9.17) is 0 Å². The average Bonchev–Trinajstić information content (AvgIpc) is 2.84. The number of aryl methyl sites for hydroxylation is 1. The molecule has 0 atom stereocenters. The Morgan fingerprint density at radius 2 is 1.61 bits per heavy atom. The van der Waals surface area contributed by atoms with E-state index in [2.05, 4.69) is 69.4 Å². The topological polar surface area (TPSA) is 49.3 Å². The van der Waals surface area contributed by atoms with Crippen LogP contribution in [-0.2, 0) is 17.8 Å². The van der Waals surface area contributed by atoms with Crippen LogP contribution < -0.4 is 4.90 Å². The first-order valence-corrected chi connectivity index (χ1v) is 11.2. The zero-order valence-electron chi connectivity index (χ0n) is 18.0. The second-order valence-corrected chi connectivity index (χ2v) is 8.63. The number of hydrogen-bond donors (Lipinski definition) is 0. The highest BCUT2D eigenvalue weighted by Gasteiger charge is 2.30. The third-order valence-electron chi connectivity index (χ3n) is 6.68. The number of piperidine rings is 1. The molecule has 3 aromatic rings. The maximum absolute atomic E-state index is 13.1. The van der Waals surface area contributed by atoms with Gasteiger partial charge in [-0.2, -0.15) is 0 Å². The summed E-state index contributed by atoms with van der Waals surface area (Å²) in [6.45, 7) is 5.37. The standard InChI is InChI=1S/C26H28N4O/c1-19-6-2-5-9-23(19)24-10-11-25(28-27-24)29-15-13-21(14-16-29)26(31)30-17-12-20-7-3-4-8-22(20)18-30/h2-11,21H,12-18H2,1H3. The summed E-state index contributed by atoms with van der Waals surface area (Å²) in [6.07, 6.45) is 2.71. The van der Waals surface area contributed by atoms with E-state index in [0.717, 1.165) is 62.5 Å². The Labute approximate surface area is 183 Å². The molecule has 0 bridgehead atoms. The van der Waals surface area contributed by atoms with Crippen LogP contribution in [0.15, 0.2) is 60.7 Å². The molecule has 1 saturated heterocycles. The summed E-state index contributed by atoms with van der Waals surface area (Å²) in [6, 6.07) is 20.8. The third-order valence-corrected chi connectivity index (χ3v) is 6.68. The van der Waals surface area contributed by atoms with Crippen LogP contribution in [-0.4, -0.2) is 40.6 Å². The van der Waals surface area contributed by atoms with Crippen LogP contribution >= 0.6 is 0 Å². The van der Waals surface area contributed by atoms with Crippen molar-refractivity contribution < 1.29 is 4.79 Å². The van der Waals surface area contributed by atoms with E-state index < -0.39 is 0 Å². The number of hydrogen-bond acceptors (Lipinski definition) is 4. The summed E-state index contributed by atoms with van der Waals surface area (Å²) >= 11 is 0. The SMILES string of the molecule is Cc1ccccc1-c1ccc(N2CCC(C(=O)N3CCc4ccccc4C3)CC2)nn1. The van der Waals surface area contributed by atoms with Gasteiger partial charge in [-0.1, -0.05) is 48.5 Å². The number of aromatic nitrogens is 2. The van der Waals surface area contributed by atoms with Gasteiger partial charge in [0.1, 0.15) is 0 Å². The number of carbonyl (C=O) groups is 1. The second-order valence-electron chi connectivity index (χ2n) is 8.63. The number of anilines is 1. The first-order valence-electron chi connectivity index (χ1n) is 11.2. The van der Waals surface area contributed by atoms with E-state index >= 15 is 0 Å². The maximum Gasteiger partial charge on any atom is 0.226 e. The molecule has 5 rings (SSSR count). The number of fused-ring (bicyclic) bond motifs is 1. The fourth-order valence-electron chi connectivity index (χ4n) is 4.80. The quantitative estimate of drug-likeness (QED) is 0.645. The Balaban J connectivity index is 1.20. The van der Waals surface area contributed by atoms with E-state index in [1.165, 1.54) is 16.7 Å². The molecule has 5 nitrogen and oxygen atoms in total. The number of benzene rings is 2. The largest absolute Gasteiger partial charge is 0.355 e. The molecule has 0 aliphatic carbocycles. The molecule has 1 fully saturated rings. The van der Waals surface area contributed by atoms with E-state index in [-0.39, 0.29) is 5.92 Å². The Kier molecular flexibility index (Phi) is 5.41. The van der Waals surface area contributed by atoms with Crippen molar-refractivity contribution in [1.29, 1.82) is 0 Å². The first-order chi connectivity index (χ1) is 15.2. The minimum absolute atomic E-state index is 0.112. The Morgan fingerprint density at radius 3 is 2.35 bits per heavy atom. The highest BCUT2D eigenvalue weighted by atomic mass is 16.2. The Hall–Kier alpha value is -3.21. The van der Waals surface area contributed by atoms with Gasteiger partial charge >= 0.3 is 0 Å². The predicted octanol–water partition coefficient (Wildman–Crippen LogP) is 4.25. The van der Waals surface area contributed by atoms with Gasteiger partial charge in [0.2, 0.25) is 5.91 Å². The lowest BCUT2D eigenvalue weighted by atomic mass is 9.93. The van der Waals surface area contributed by atoms with Gasteiger partial charge in [0.25, 0.3) is 0 Å². The zero-order valence-corrected chi connectivity index (χ0v) is 18.0. The summed E-state index contributed by atoms with van der Waals surface area (Å²) in [7, 11) is 0. The van der Waals surface area contributed by atoms with E-state index in [1.807, 2.05) is 18.2 Å². The van der Waals surface area contributed by atoms with Crippen LogP contribution in [0.5, 0.6) is 0 Å². The van der Waals surface area contributed by atoms with Crippen LogP contribution in [0.2, 0.25) is 0 Å². The van der Waals surface area contributed by atoms with Crippen molar-refractivity contribution >= 4 is 11.7 Å². The van der Waals surface area contributed by atoms with Crippen molar-refractivity contribution in [3.63, 3.8) is 0 Å². The molecule has 0 spiro atoms. The summed E-state index contributed by atoms with van der Waals surface area (Å²) in [5.41, 5.74) is 5.90. The molecule has 0 unspecified atom stereocenters. The minimum Gasteiger partial charge on any atom is -0.355 e. The molecule has 2 aromatic carbocycles. The third kappa shape index (κ3) is 4.05. The molecule has 2 aliphatic heterocycles. The maximum atomic E-state index is 13.1. The molecule has 1 aromatic heterocycles. The molecular weight excluding hydrogens is 384 g/mol. The van der Waals surface area contributed by atoms with Crippen LogP contribution in [0, 0.1) is 12.8 Å². The molecule has 31 heavy (non-hydrogen) atoms. The van der Waals surface area contributed by atoms with Crippen LogP contribution in [0.1, 0.15) is 29.5 Å². The number of nitrogens with zero attached hydrogens (tertiary/aromatic N) is 4. The Bertz CT molecular complexity index is 1070. The van der Waals surface area contributed by atoms with E-state index in [1.54, 1.807) is 0 Å². The molecular formula is C26H28N4O. The van der Waals surface area contributed by atoms with Gasteiger partial charge in [-0.05, 0) is 55.0 Å². The van der Waals surface area contributed by atoms with Gasteiger partial charge in [0.15, 0.2) is 5.82 Å². The van der Waals surface area contributed by atoms with E-state index in [0.29, 0.717) is 5.91 Å². The van der Waals surface area contributed by atoms with Crippen molar-refractivity contribution in [2.75, 3.05) is 24.5 Å². The van der Waals surface area contributed by atoms with Crippen molar-refractivity contribution in [2.45, 2.75) is 32.7 Å². The molecule has 0 saturated carbocycles. The zero-order chi connectivity index (χ0) is 21.2. The van der Waals surface area contributed by atoms with Gasteiger partial charge in [0.05, 0.1) is 5.69 Å². The smallest absolute Gasteiger partial charge is 0.226 e. The molecule has 158 valence electrons. The fraction of sp³-hybridized carbons (Fsp3) is 0.346. The van der Waals surface area contributed by atoms with Gasteiger partial charge in [0, 0.05) is 37.7 Å². The van der Waals surface area contributed by atoms with E-state index in [9.17, 15) is 4.79 Å². The van der Waals surface area contributed by atoms with Crippen LogP contribution in [0.3, 0.4) is 0 Å². The minimum atomic E-state index is 0.112. The summed E-state index contributed by atoms with van der Waals surface area (Å²) in [4.78, 5) is 17.4. The van der Waals surface area contributed by atoms with Gasteiger partial charge in [-0.3, -0.25) is 4.79 Å². The predicted molar refractivity (Wildman–Crippen MR) is 123 cm³/mol. The number of rotatable bonds is 3. The molecule has 1 amide bonds. The van der Waals surface area contributed by atoms with Crippen LogP contribution in [0.25, 0.3) is 11.3 Å². The van der Waals surface area contributed by atoms with Crippen LogP contribution in [0.4, 0.5) is 5.82 Å². The summed E-state index contributed by atoms with van der Waals surface area (Å²) in [5.74, 6) is 1.32. The second kappa shape index (κ2) is 8.50. The summed E-state index contributed by atoms with van der Waals surface area (Å²) < 4.78 is 0. The summed E-state index contributed by atoms with van der Waals surface area (Å²) in [5, 5.41) is 8.95. The van der Waals surface area contributed by atoms with Crippen molar-refractivity contribution in [2.24, 2.45) is 5.92 Å². The van der Waals surface area contributed by atoms with Gasteiger partial charge in [-0.15, -0.1) is 10.2 Å². The lowest BCUT2D eigenvalue weighted by Gasteiger charge is -2.36. The molecule has 0 radical (unpaired) electrons. The van der Waals surface area contributed by atoms with Crippen molar-refractivity contribution in [3.05, 3.63) is 77.4 Å².